The van der Waals surface area contributed by atoms with E-state index in [1.54, 1.807) is 0 Å². The van der Waals surface area contributed by atoms with Crippen LogP contribution < -0.4 is 54.6 Å². The lowest BCUT2D eigenvalue weighted by molar-refractivity contribution is 0.670. The minimum absolute atomic E-state index is 0.654. The van der Waals surface area contributed by atoms with Crippen LogP contribution in [0.5, 0.6) is 0 Å². The number of furan rings is 1. The summed E-state index contributed by atoms with van der Waals surface area (Å²) in [6.45, 7) is 0. The van der Waals surface area contributed by atoms with Crippen LogP contribution in [0, 0.1) is 0 Å². The molecule has 0 bridgehead atoms. The summed E-state index contributed by atoms with van der Waals surface area (Å²) in [4.78, 5) is 15.9. The summed E-state index contributed by atoms with van der Waals surface area (Å²) in [5.41, 5.74) is 19.7. The average Bonchev–Trinajstić information content (AvgIpc) is 3.76. The molecule has 0 saturated carbocycles. The van der Waals surface area contributed by atoms with Gasteiger partial charge in [-0.15, -0.1) is 44.1 Å². The van der Waals surface area contributed by atoms with E-state index in [2.05, 4.69) is 157 Å². The SMILES string of the molecule is Bc1c(B)c(B)c(-c2nc(-c3ccc4oc5c(-c6cccc7c6sc6ccccc67)cccc5c4c3)nc(-c3c(B)c(B)c(B)c(B)c3B)n2)c(B)c1B. The van der Waals surface area contributed by atoms with Crippen LogP contribution in [0.15, 0.2) is 83.3 Å². The highest BCUT2D eigenvalue weighted by Gasteiger charge is 2.23. The monoisotopic (exact) mass is 701 g/mol. The molecule has 0 saturated heterocycles. The molecule has 0 atom stereocenters. The number of benzene rings is 6. The van der Waals surface area contributed by atoms with E-state index in [0.29, 0.717) is 17.5 Å². The van der Waals surface area contributed by atoms with Gasteiger partial charge in [-0.1, -0.05) is 76.4 Å². The molecule has 15 heteroatoms. The Kier molecular flexibility index (Phi) is 8.24. The second-order valence-corrected chi connectivity index (χ2v) is 16.1. The molecule has 0 aliphatic carbocycles. The van der Waals surface area contributed by atoms with Crippen molar-refractivity contribution >= 4 is 187 Å². The maximum absolute atomic E-state index is 6.73. The van der Waals surface area contributed by atoms with Crippen molar-refractivity contribution in [3.8, 4) is 45.3 Å². The Morgan fingerprint density at radius 1 is 0.426 bits per heavy atom. The summed E-state index contributed by atoms with van der Waals surface area (Å²) in [6, 6.07) is 28.1. The molecule has 54 heavy (non-hydrogen) atoms. The molecule has 246 valence electrons. The van der Waals surface area contributed by atoms with Gasteiger partial charge in [-0.05, 0) is 24.3 Å². The smallest absolute Gasteiger partial charge is 0.164 e. The Labute approximate surface area is 328 Å². The highest BCUT2D eigenvalue weighted by molar-refractivity contribution is 7.26. The molecule has 9 aromatic rings. The summed E-state index contributed by atoms with van der Waals surface area (Å²) in [5.74, 6) is 2.07. The molecule has 0 amide bonds. The van der Waals surface area contributed by atoms with E-state index >= 15 is 0 Å². The van der Waals surface area contributed by atoms with Gasteiger partial charge in [-0.2, -0.15) is 0 Å². The molecule has 0 aliphatic rings. The van der Waals surface area contributed by atoms with Gasteiger partial charge in [-0.25, -0.2) is 15.0 Å². The number of nitrogens with zero attached hydrogens (tertiary/aromatic N) is 3. The van der Waals surface area contributed by atoms with Crippen LogP contribution in [0.25, 0.3) is 87.4 Å². The number of thiophene rings is 1. The third-order valence-corrected chi connectivity index (χ3v) is 13.8. The van der Waals surface area contributed by atoms with Gasteiger partial charge >= 0.3 is 0 Å². The molecule has 4 nitrogen and oxygen atoms in total. The molecule has 3 heterocycles. The summed E-state index contributed by atoms with van der Waals surface area (Å²) in [6.07, 6.45) is 0. The maximum atomic E-state index is 6.73. The summed E-state index contributed by atoms with van der Waals surface area (Å²) < 4.78 is 9.29. The molecule has 0 spiro atoms. The van der Waals surface area contributed by atoms with Gasteiger partial charge < -0.3 is 4.42 Å². The maximum Gasteiger partial charge on any atom is 0.164 e. The molecular formula is C39H33B10N3OS. The van der Waals surface area contributed by atoms with Crippen LogP contribution in [0.1, 0.15) is 0 Å². The predicted octanol–water partition coefficient (Wildman–Crippen LogP) is -6.61. The highest BCUT2D eigenvalue weighted by Crippen LogP contribution is 2.43. The minimum atomic E-state index is 0.654. The van der Waals surface area contributed by atoms with Crippen LogP contribution in [0.2, 0.25) is 0 Å². The quantitative estimate of drug-likeness (QED) is 0.172. The Morgan fingerprint density at radius 2 is 0.926 bits per heavy atom. The first-order valence-electron chi connectivity index (χ1n) is 18.7. The van der Waals surface area contributed by atoms with E-state index < -0.39 is 0 Å². The third-order valence-electron chi connectivity index (χ3n) is 12.5. The second-order valence-electron chi connectivity index (χ2n) is 15.1. The van der Waals surface area contributed by atoms with Gasteiger partial charge in [0, 0.05) is 58.8 Å². The molecule has 0 N–H and O–H groups in total. The minimum Gasteiger partial charge on any atom is -0.455 e. The molecule has 0 fully saturated rings. The third kappa shape index (κ3) is 5.15. The van der Waals surface area contributed by atoms with E-state index in [1.807, 2.05) is 11.3 Å². The molecule has 6 aromatic carbocycles. The average molecular weight is 700 g/mol. The van der Waals surface area contributed by atoms with Crippen molar-refractivity contribution in [2.45, 2.75) is 0 Å². The van der Waals surface area contributed by atoms with Crippen molar-refractivity contribution in [3.63, 3.8) is 0 Å². The van der Waals surface area contributed by atoms with Crippen molar-refractivity contribution in [1.82, 2.24) is 15.0 Å². The fraction of sp³-hybridized carbons (Fsp3) is 0. The first-order chi connectivity index (χ1) is 25.9. The van der Waals surface area contributed by atoms with Crippen LogP contribution in [-0.4, -0.2) is 93.4 Å². The number of para-hydroxylation sites is 1. The van der Waals surface area contributed by atoms with Crippen molar-refractivity contribution in [1.29, 1.82) is 0 Å². The second kappa shape index (κ2) is 12.8. The Bertz CT molecular complexity index is 2940. The van der Waals surface area contributed by atoms with Gasteiger partial charge in [-0.3, -0.25) is 0 Å². The molecule has 3 aromatic heterocycles. The van der Waals surface area contributed by atoms with E-state index in [-0.39, 0.29) is 0 Å². The Hall–Kier alpha value is -5.00. The zero-order valence-electron chi connectivity index (χ0n) is 32.7. The highest BCUT2D eigenvalue weighted by atomic mass is 32.1. The number of aromatic nitrogens is 3. The normalized spacial score (nSPS) is 11.7. The van der Waals surface area contributed by atoms with Crippen molar-refractivity contribution in [2.24, 2.45) is 0 Å². The fourth-order valence-corrected chi connectivity index (χ4v) is 9.74. The number of hydrogen-bond acceptors (Lipinski definition) is 5. The van der Waals surface area contributed by atoms with Crippen molar-refractivity contribution in [3.05, 3.63) is 78.9 Å². The number of rotatable bonds is 4. The van der Waals surface area contributed by atoms with Gasteiger partial charge in [0.2, 0.25) is 0 Å². The molecule has 9 rings (SSSR count). The fourth-order valence-electron chi connectivity index (χ4n) is 8.51. The van der Waals surface area contributed by atoms with Gasteiger partial charge in [0.15, 0.2) is 17.5 Å². The van der Waals surface area contributed by atoms with Gasteiger partial charge in [0.05, 0.1) is 0 Å². The van der Waals surface area contributed by atoms with E-state index in [4.69, 9.17) is 19.4 Å². The summed E-state index contributed by atoms with van der Waals surface area (Å²) in [5, 5.41) is 4.68. The first-order valence-corrected chi connectivity index (χ1v) is 19.5. The lowest BCUT2D eigenvalue weighted by Gasteiger charge is -2.22. The van der Waals surface area contributed by atoms with E-state index in [0.717, 1.165) is 44.2 Å². The van der Waals surface area contributed by atoms with E-state index in [9.17, 15) is 0 Å². The number of fused-ring (bicyclic) bond motifs is 6. The van der Waals surface area contributed by atoms with Crippen molar-refractivity contribution < 1.29 is 4.42 Å². The van der Waals surface area contributed by atoms with Crippen LogP contribution in [0.3, 0.4) is 0 Å². The zero-order chi connectivity index (χ0) is 37.7. The Balaban J connectivity index is 1.28. The standard InChI is InChI=1S/C39H33B10N3OS/c40-25-23(26(41)30(45)33(48)29(25)44)38-50-37(51-39(52-38)24-27(42)31(46)34(49)32(47)28(24)43)14-11-12-21-20(13-14)17-7-3-6-16(35(17)53-21)19-9-4-8-18-15-5-1-2-10-22(15)54-36(18)19/h1-13H,40-49H2. The van der Waals surface area contributed by atoms with Crippen LogP contribution in [-0.2, 0) is 0 Å². The predicted molar refractivity (Wildman–Crippen MR) is 264 cm³/mol. The van der Waals surface area contributed by atoms with E-state index in [1.165, 1.54) is 80.4 Å². The molecular weight excluding hydrogens is 667 g/mol. The van der Waals surface area contributed by atoms with Crippen LogP contribution >= 0.6 is 11.3 Å². The van der Waals surface area contributed by atoms with Gasteiger partial charge in [0.1, 0.15) is 89.6 Å². The lowest BCUT2D eigenvalue weighted by Crippen LogP contribution is -2.55. The first kappa shape index (κ1) is 34.7. The lowest BCUT2D eigenvalue weighted by atomic mass is 9.60. The topological polar surface area (TPSA) is 51.8 Å². The summed E-state index contributed by atoms with van der Waals surface area (Å²) >= 11 is 1.84. The Morgan fingerprint density at radius 3 is 1.54 bits per heavy atom. The zero-order valence-corrected chi connectivity index (χ0v) is 33.5. The van der Waals surface area contributed by atoms with Gasteiger partial charge in [0.25, 0.3) is 0 Å². The largest absolute Gasteiger partial charge is 0.455 e. The number of hydrogen-bond donors (Lipinski definition) is 0. The molecule has 0 radical (unpaired) electrons. The van der Waals surface area contributed by atoms with Crippen LogP contribution in [0.4, 0.5) is 0 Å². The summed E-state index contributed by atoms with van der Waals surface area (Å²) in [7, 11) is 22.0. The molecule has 0 unspecified atom stereocenters. The molecule has 0 aliphatic heterocycles. The van der Waals surface area contributed by atoms with Crippen molar-refractivity contribution in [2.75, 3.05) is 0 Å².